The molecule has 0 aliphatic carbocycles. The van der Waals surface area contributed by atoms with Crippen LogP contribution in [0.5, 0.6) is 0 Å². The van der Waals surface area contributed by atoms with Crippen LogP contribution in [0.25, 0.3) is 0 Å². The first kappa shape index (κ1) is 26.4. The van der Waals surface area contributed by atoms with Crippen LogP contribution in [0, 0.1) is 38.2 Å². The Morgan fingerprint density at radius 1 is 1.03 bits per heavy atom. The van der Waals surface area contributed by atoms with Gasteiger partial charge in [-0.3, -0.25) is 9.97 Å². The molecule has 1 aromatic heterocycles. The molecule has 2 aromatic carbocycles. The van der Waals surface area contributed by atoms with Crippen LogP contribution in [0.3, 0.4) is 0 Å². The van der Waals surface area contributed by atoms with Gasteiger partial charge < -0.3 is 15.5 Å². The summed E-state index contributed by atoms with van der Waals surface area (Å²) in [6.07, 6.45) is 1.02. The zero-order chi connectivity index (χ0) is 22.8. The van der Waals surface area contributed by atoms with E-state index < -0.39 is 7.14 Å². The number of aromatic nitrogens is 2. The molecular weight excluding hydrogens is 492 g/mol. The molecule has 0 spiro atoms. The summed E-state index contributed by atoms with van der Waals surface area (Å²) in [7, 11) is -0.431. The normalized spacial score (nSPS) is 10.9. The first-order valence-electron chi connectivity index (χ1n) is 10.2. The molecule has 0 aliphatic rings. The molecule has 0 unspecified atom stereocenters. The topological polar surface area (TPSA) is 69.9 Å². The third kappa shape index (κ3) is 6.82. The van der Waals surface area contributed by atoms with E-state index >= 15 is 0 Å². The summed E-state index contributed by atoms with van der Waals surface area (Å²) in [4.78, 5) is 11.3. The summed E-state index contributed by atoms with van der Waals surface area (Å²) in [5.41, 5.74) is 7.85. The van der Waals surface area contributed by atoms with E-state index in [1.807, 2.05) is 24.1 Å². The largest absolute Gasteiger partial charge is 0.426 e. The van der Waals surface area contributed by atoms with Gasteiger partial charge in [0.25, 0.3) is 0 Å². The van der Waals surface area contributed by atoms with Crippen LogP contribution in [-0.2, 0) is 49.9 Å². The Hall–Kier alpha value is -1.86. The van der Waals surface area contributed by atoms with E-state index in [1.54, 1.807) is 25.5 Å². The maximum atomic E-state index is 12.5. The van der Waals surface area contributed by atoms with E-state index in [4.69, 9.17) is 10.2 Å². The number of rotatable bonds is 6. The second-order valence-electron chi connectivity index (χ2n) is 8.55. The predicted octanol–water partition coefficient (Wildman–Crippen LogP) is 5.55. The number of aryl methyl sites for hydroxylation is 3. The van der Waals surface area contributed by atoms with Crippen LogP contribution in [0.15, 0.2) is 36.4 Å². The van der Waals surface area contributed by atoms with Crippen molar-refractivity contribution in [2.75, 3.05) is 25.3 Å². The molecule has 0 aliphatic heterocycles. The molecular formula is C25H28N4OPY-. The fraction of sp³-hybridized carbons (Fsp3) is 0.320. The Morgan fingerprint density at radius 2 is 1.59 bits per heavy atom. The minimum Gasteiger partial charge on any atom is -0.426 e. The van der Waals surface area contributed by atoms with E-state index in [0.29, 0.717) is 29.8 Å². The number of hydrogen-bond donors (Lipinski definition) is 0. The molecule has 0 saturated carbocycles. The van der Waals surface area contributed by atoms with Crippen molar-refractivity contribution in [2.24, 2.45) is 0 Å². The average molecular weight is 520 g/mol. The molecule has 1 radical (unpaired) electrons. The minimum absolute atomic E-state index is 0. The van der Waals surface area contributed by atoms with Crippen LogP contribution in [-0.4, -0.2) is 30.3 Å². The third-order valence-electron chi connectivity index (χ3n) is 5.16. The van der Waals surface area contributed by atoms with Crippen molar-refractivity contribution in [3.63, 3.8) is 0 Å². The zero-order valence-electron chi connectivity index (χ0n) is 19.6. The third-order valence-corrected chi connectivity index (χ3v) is 6.22. The standard InChI is InChI=1S/C25H28N4OP.Y/c1-17-11-18(2)24(19(3)12-17)14-21-13-22(16-31(5,6)30)28-25(27-21)29(4)23-9-7-20(15-26)8-10-23;/h7-12H,14,16H2,1-6H3;/q-1;. The second-order valence-corrected chi connectivity index (χ2v) is 12.0. The van der Waals surface area contributed by atoms with Gasteiger partial charge in [0.15, 0.2) is 0 Å². The molecule has 5 nitrogen and oxygen atoms in total. The minimum atomic E-state index is -2.32. The Bertz CT molecular complexity index is 1170. The fourth-order valence-corrected chi connectivity index (χ4v) is 4.56. The maximum absolute atomic E-state index is 12.5. The molecule has 3 aromatic rings. The van der Waals surface area contributed by atoms with Gasteiger partial charge in [0.05, 0.1) is 18.8 Å². The fourth-order valence-electron chi connectivity index (χ4n) is 3.69. The van der Waals surface area contributed by atoms with Gasteiger partial charge in [-0.15, -0.1) is 11.4 Å². The Balaban J connectivity index is 0.00000363. The Kier molecular flexibility index (Phi) is 8.94. The van der Waals surface area contributed by atoms with Crippen LogP contribution in [0.4, 0.5) is 11.6 Å². The van der Waals surface area contributed by atoms with Crippen LogP contribution >= 0.6 is 7.14 Å². The molecule has 0 N–H and O–H groups in total. The van der Waals surface area contributed by atoms with Gasteiger partial charge in [-0.2, -0.15) is 5.26 Å². The van der Waals surface area contributed by atoms with Gasteiger partial charge in [0.1, 0.15) is 0 Å². The predicted molar refractivity (Wildman–Crippen MR) is 127 cm³/mol. The second kappa shape index (κ2) is 10.8. The first-order valence-corrected chi connectivity index (χ1v) is 13.0. The number of nitriles is 1. The monoisotopic (exact) mass is 520 g/mol. The van der Waals surface area contributed by atoms with Crippen molar-refractivity contribution < 1.29 is 37.3 Å². The molecule has 7 heteroatoms. The SMILES string of the molecule is Cc1cc(C)c(Cc2[c-]c(CP(C)(C)=O)nc(N(C)c3ccc(C#N)cc3)n2)c(C)c1.[Y]. The van der Waals surface area contributed by atoms with Crippen molar-refractivity contribution in [1.29, 1.82) is 5.26 Å². The van der Waals surface area contributed by atoms with E-state index in [9.17, 15) is 4.57 Å². The van der Waals surface area contributed by atoms with E-state index in [2.05, 4.69) is 50.0 Å². The Labute approximate surface area is 216 Å². The number of benzene rings is 2. The molecule has 0 atom stereocenters. The van der Waals surface area contributed by atoms with Crippen molar-refractivity contribution in [3.8, 4) is 6.07 Å². The zero-order valence-corrected chi connectivity index (χ0v) is 23.3. The van der Waals surface area contributed by atoms with Gasteiger partial charge >= 0.3 is 0 Å². The molecule has 0 amide bonds. The molecule has 163 valence electrons. The van der Waals surface area contributed by atoms with Crippen molar-refractivity contribution >= 4 is 18.8 Å². The summed E-state index contributed by atoms with van der Waals surface area (Å²) in [6, 6.07) is 17.1. The Morgan fingerprint density at radius 3 is 2.12 bits per heavy atom. The van der Waals surface area contributed by atoms with Crippen LogP contribution in [0.1, 0.15) is 39.2 Å². The summed E-state index contributed by atoms with van der Waals surface area (Å²) in [6.45, 7) is 9.87. The number of nitrogens with zero attached hydrogens (tertiary/aromatic N) is 4. The summed E-state index contributed by atoms with van der Waals surface area (Å²) >= 11 is 0. The van der Waals surface area contributed by atoms with Crippen molar-refractivity contribution in [2.45, 2.75) is 33.4 Å². The van der Waals surface area contributed by atoms with E-state index in [-0.39, 0.29) is 32.7 Å². The number of hydrogen-bond acceptors (Lipinski definition) is 5. The summed E-state index contributed by atoms with van der Waals surface area (Å²) in [5, 5.41) is 9.05. The van der Waals surface area contributed by atoms with Gasteiger partial charge in [-0.05, 0) is 81.5 Å². The van der Waals surface area contributed by atoms with Crippen LogP contribution in [0.2, 0.25) is 0 Å². The van der Waals surface area contributed by atoms with Gasteiger partial charge in [0, 0.05) is 51.6 Å². The van der Waals surface area contributed by atoms with Gasteiger partial charge in [-0.25, -0.2) is 0 Å². The average Bonchev–Trinajstić information content (AvgIpc) is 2.68. The molecule has 1 heterocycles. The quantitative estimate of drug-likeness (QED) is 0.315. The van der Waals surface area contributed by atoms with Gasteiger partial charge in [0.2, 0.25) is 5.95 Å². The summed E-state index contributed by atoms with van der Waals surface area (Å²) < 4.78 is 12.5. The molecule has 0 bridgehead atoms. The van der Waals surface area contributed by atoms with Crippen molar-refractivity contribution in [3.05, 3.63) is 81.7 Å². The molecule has 3 rings (SSSR count). The molecule has 0 fully saturated rings. The molecule has 32 heavy (non-hydrogen) atoms. The summed E-state index contributed by atoms with van der Waals surface area (Å²) in [5.74, 6) is 0.532. The van der Waals surface area contributed by atoms with Crippen LogP contribution < -0.4 is 4.90 Å². The van der Waals surface area contributed by atoms with Gasteiger partial charge in [-0.1, -0.05) is 17.7 Å². The van der Waals surface area contributed by atoms with Crippen molar-refractivity contribution in [1.82, 2.24) is 9.97 Å². The first-order chi connectivity index (χ1) is 14.6. The smallest absolute Gasteiger partial charge is 0.224 e. The molecule has 0 saturated heterocycles. The number of anilines is 2. The maximum Gasteiger partial charge on any atom is 0.224 e. The van der Waals surface area contributed by atoms with E-state index in [0.717, 1.165) is 11.4 Å². The van der Waals surface area contributed by atoms with E-state index in [1.165, 1.54) is 22.3 Å².